The SMILES string of the molecule is CCNC(=NCc1cccc(NC(C)=O)c1)NCC1(CC)CCCC1. The highest BCUT2D eigenvalue weighted by atomic mass is 16.1. The maximum atomic E-state index is 11.2. The third-order valence-corrected chi connectivity index (χ3v) is 5.06. The van der Waals surface area contributed by atoms with Crippen molar-refractivity contribution in [1.29, 1.82) is 0 Å². The van der Waals surface area contributed by atoms with Crippen LogP contribution in [0, 0.1) is 5.41 Å². The molecule has 2 rings (SSSR count). The molecule has 1 aromatic rings. The number of nitrogens with one attached hydrogen (secondary N) is 3. The minimum absolute atomic E-state index is 0.0583. The van der Waals surface area contributed by atoms with Crippen molar-refractivity contribution in [3.05, 3.63) is 29.8 Å². The Balaban J connectivity index is 1.98. The Bertz CT molecular complexity index is 591. The van der Waals surface area contributed by atoms with Crippen LogP contribution in [0.5, 0.6) is 0 Å². The number of aliphatic imine (C=N–C) groups is 1. The molecule has 138 valence electrons. The Morgan fingerprint density at radius 2 is 1.96 bits per heavy atom. The van der Waals surface area contributed by atoms with Crippen LogP contribution in [0.15, 0.2) is 29.3 Å². The monoisotopic (exact) mass is 344 g/mol. The first-order valence-electron chi connectivity index (χ1n) is 9.45. The molecule has 25 heavy (non-hydrogen) atoms. The number of guanidine groups is 1. The first kappa shape index (κ1) is 19.3. The van der Waals surface area contributed by atoms with Crippen LogP contribution in [-0.2, 0) is 11.3 Å². The van der Waals surface area contributed by atoms with Crippen LogP contribution >= 0.6 is 0 Å². The van der Waals surface area contributed by atoms with Crippen molar-refractivity contribution in [2.45, 2.75) is 59.4 Å². The Labute approximate surface area is 151 Å². The van der Waals surface area contributed by atoms with Gasteiger partial charge in [-0.05, 0) is 49.3 Å². The Morgan fingerprint density at radius 1 is 1.20 bits per heavy atom. The quantitative estimate of drug-likeness (QED) is 0.522. The number of nitrogens with zero attached hydrogens (tertiary/aromatic N) is 1. The molecule has 1 aliphatic carbocycles. The van der Waals surface area contributed by atoms with Gasteiger partial charge in [-0.15, -0.1) is 0 Å². The van der Waals surface area contributed by atoms with Gasteiger partial charge in [-0.1, -0.05) is 31.9 Å². The molecule has 0 heterocycles. The fraction of sp³-hybridized carbons (Fsp3) is 0.600. The summed E-state index contributed by atoms with van der Waals surface area (Å²) in [5.41, 5.74) is 2.32. The summed E-state index contributed by atoms with van der Waals surface area (Å²) in [4.78, 5) is 15.9. The van der Waals surface area contributed by atoms with Gasteiger partial charge in [0.2, 0.25) is 5.91 Å². The standard InChI is InChI=1S/C20H32N4O/c1-4-20(11-6-7-12-20)15-23-19(21-5-2)22-14-17-9-8-10-18(13-17)24-16(3)25/h8-10,13H,4-7,11-12,14-15H2,1-3H3,(H,24,25)(H2,21,22,23). The van der Waals surface area contributed by atoms with E-state index in [0.29, 0.717) is 12.0 Å². The number of anilines is 1. The van der Waals surface area contributed by atoms with E-state index in [1.165, 1.54) is 39.0 Å². The third-order valence-electron chi connectivity index (χ3n) is 5.06. The third kappa shape index (κ3) is 6.07. The second kappa shape index (κ2) is 9.44. The van der Waals surface area contributed by atoms with Gasteiger partial charge in [-0.2, -0.15) is 0 Å². The maximum Gasteiger partial charge on any atom is 0.221 e. The maximum absolute atomic E-state index is 11.2. The molecule has 0 spiro atoms. The van der Waals surface area contributed by atoms with Gasteiger partial charge in [0, 0.05) is 25.7 Å². The van der Waals surface area contributed by atoms with Crippen LogP contribution in [-0.4, -0.2) is 25.0 Å². The van der Waals surface area contributed by atoms with Crippen LogP contribution in [0.2, 0.25) is 0 Å². The first-order valence-corrected chi connectivity index (χ1v) is 9.45. The summed E-state index contributed by atoms with van der Waals surface area (Å²) >= 11 is 0. The summed E-state index contributed by atoms with van der Waals surface area (Å²) in [6.45, 7) is 8.31. The van der Waals surface area contributed by atoms with Crippen LogP contribution in [0.25, 0.3) is 0 Å². The molecule has 5 nitrogen and oxygen atoms in total. The minimum Gasteiger partial charge on any atom is -0.357 e. The summed E-state index contributed by atoms with van der Waals surface area (Å²) < 4.78 is 0. The van der Waals surface area contributed by atoms with Crippen molar-refractivity contribution in [1.82, 2.24) is 10.6 Å². The zero-order chi connectivity index (χ0) is 18.1. The molecule has 0 bridgehead atoms. The summed E-state index contributed by atoms with van der Waals surface area (Å²) in [7, 11) is 0. The molecule has 1 saturated carbocycles. The van der Waals surface area contributed by atoms with E-state index in [-0.39, 0.29) is 5.91 Å². The fourth-order valence-electron chi connectivity index (χ4n) is 3.51. The van der Waals surface area contributed by atoms with E-state index >= 15 is 0 Å². The van der Waals surface area contributed by atoms with Crippen molar-refractivity contribution in [3.63, 3.8) is 0 Å². The predicted octanol–water partition coefficient (Wildman–Crippen LogP) is 3.67. The molecule has 0 unspecified atom stereocenters. The molecule has 1 fully saturated rings. The zero-order valence-electron chi connectivity index (χ0n) is 15.8. The summed E-state index contributed by atoms with van der Waals surface area (Å²) in [6.07, 6.45) is 6.54. The van der Waals surface area contributed by atoms with Gasteiger partial charge < -0.3 is 16.0 Å². The van der Waals surface area contributed by atoms with Gasteiger partial charge in [0.1, 0.15) is 0 Å². The smallest absolute Gasteiger partial charge is 0.221 e. The number of carbonyl (C=O) groups is 1. The largest absolute Gasteiger partial charge is 0.357 e. The number of benzene rings is 1. The van der Waals surface area contributed by atoms with Gasteiger partial charge >= 0.3 is 0 Å². The number of hydrogen-bond donors (Lipinski definition) is 3. The van der Waals surface area contributed by atoms with Crippen molar-refractivity contribution in [2.24, 2.45) is 10.4 Å². The molecule has 1 amide bonds. The van der Waals surface area contributed by atoms with Crippen LogP contribution in [0.4, 0.5) is 5.69 Å². The van der Waals surface area contributed by atoms with E-state index in [1.54, 1.807) is 0 Å². The van der Waals surface area contributed by atoms with E-state index < -0.39 is 0 Å². The van der Waals surface area contributed by atoms with Crippen molar-refractivity contribution < 1.29 is 4.79 Å². The Hall–Kier alpha value is -2.04. The highest BCUT2D eigenvalue weighted by Crippen LogP contribution is 2.40. The summed E-state index contributed by atoms with van der Waals surface area (Å²) in [5.74, 6) is 0.809. The molecular formula is C20H32N4O. The lowest BCUT2D eigenvalue weighted by Crippen LogP contribution is -2.42. The molecule has 1 aromatic carbocycles. The first-order chi connectivity index (χ1) is 12.1. The molecule has 3 N–H and O–H groups in total. The zero-order valence-corrected chi connectivity index (χ0v) is 15.8. The van der Waals surface area contributed by atoms with Crippen LogP contribution in [0.1, 0.15) is 58.4 Å². The minimum atomic E-state index is -0.0583. The normalized spacial score (nSPS) is 16.5. The van der Waals surface area contributed by atoms with E-state index in [9.17, 15) is 4.79 Å². The summed E-state index contributed by atoms with van der Waals surface area (Å²) in [5, 5.41) is 9.69. The summed E-state index contributed by atoms with van der Waals surface area (Å²) in [6, 6.07) is 7.84. The molecule has 1 aliphatic rings. The Kier molecular flexibility index (Phi) is 7.29. The number of rotatable bonds is 7. The lowest BCUT2D eigenvalue weighted by molar-refractivity contribution is -0.114. The van der Waals surface area contributed by atoms with E-state index in [4.69, 9.17) is 4.99 Å². The van der Waals surface area contributed by atoms with Gasteiger partial charge in [-0.3, -0.25) is 4.79 Å². The molecule has 0 aromatic heterocycles. The lowest BCUT2D eigenvalue weighted by Gasteiger charge is -2.28. The lowest BCUT2D eigenvalue weighted by atomic mass is 9.83. The molecule has 0 aliphatic heterocycles. The highest BCUT2D eigenvalue weighted by Gasteiger charge is 2.31. The van der Waals surface area contributed by atoms with Crippen molar-refractivity contribution >= 4 is 17.6 Å². The topological polar surface area (TPSA) is 65.5 Å². The van der Waals surface area contributed by atoms with Gasteiger partial charge in [0.05, 0.1) is 6.54 Å². The number of carbonyl (C=O) groups excluding carboxylic acids is 1. The number of amides is 1. The van der Waals surface area contributed by atoms with Gasteiger partial charge in [0.25, 0.3) is 0 Å². The van der Waals surface area contributed by atoms with Gasteiger partial charge in [-0.25, -0.2) is 4.99 Å². The average Bonchev–Trinajstić information content (AvgIpc) is 3.07. The van der Waals surface area contributed by atoms with E-state index in [0.717, 1.165) is 30.3 Å². The predicted molar refractivity (Wildman–Crippen MR) is 105 cm³/mol. The van der Waals surface area contributed by atoms with E-state index in [2.05, 4.69) is 29.8 Å². The van der Waals surface area contributed by atoms with Crippen LogP contribution < -0.4 is 16.0 Å². The second-order valence-electron chi connectivity index (χ2n) is 6.99. The van der Waals surface area contributed by atoms with Crippen molar-refractivity contribution in [3.8, 4) is 0 Å². The highest BCUT2D eigenvalue weighted by molar-refractivity contribution is 5.88. The average molecular weight is 345 g/mol. The molecule has 0 atom stereocenters. The molecular weight excluding hydrogens is 312 g/mol. The number of hydrogen-bond acceptors (Lipinski definition) is 2. The Morgan fingerprint density at radius 3 is 2.60 bits per heavy atom. The molecule has 0 saturated heterocycles. The van der Waals surface area contributed by atoms with E-state index in [1.807, 2.05) is 24.3 Å². The second-order valence-corrected chi connectivity index (χ2v) is 6.99. The molecule has 0 radical (unpaired) electrons. The van der Waals surface area contributed by atoms with Crippen molar-refractivity contribution in [2.75, 3.05) is 18.4 Å². The fourth-order valence-corrected chi connectivity index (χ4v) is 3.51. The van der Waals surface area contributed by atoms with Crippen LogP contribution in [0.3, 0.4) is 0 Å². The molecule has 5 heteroatoms. The van der Waals surface area contributed by atoms with Gasteiger partial charge in [0.15, 0.2) is 5.96 Å².